The maximum Gasteiger partial charge on any atom is 0.339 e. The van der Waals surface area contributed by atoms with E-state index >= 15 is 0 Å². The van der Waals surface area contributed by atoms with E-state index in [9.17, 15) is 13.2 Å². The van der Waals surface area contributed by atoms with Gasteiger partial charge in [0.2, 0.25) is 0 Å². The van der Waals surface area contributed by atoms with Crippen molar-refractivity contribution in [3.63, 3.8) is 0 Å². The van der Waals surface area contributed by atoms with Crippen molar-refractivity contribution in [2.45, 2.75) is 30.3 Å². The van der Waals surface area contributed by atoms with Crippen LogP contribution in [0.25, 0.3) is 0 Å². The predicted molar refractivity (Wildman–Crippen MR) is 73.8 cm³/mol. The zero-order valence-corrected chi connectivity index (χ0v) is 12.0. The molecule has 0 spiro atoms. The van der Waals surface area contributed by atoms with Crippen LogP contribution in [-0.2, 0) is 9.05 Å². The highest BCUT2D eigenvalue weighted by molar-refractivity contribution is 8.13. The van der Waals surface area contributed by atoms with Crippen LogP contribution >= 0.6 is 10.7 Å². The molecule has 1 aliphatic rings. The third-order valence-corrected chi connectivity index (χ3v) is 4.30. The van der Waals surface area contributed by atoms with Crippen LogP contribution in [0.15, 0.2) is 35.2 Å². The Labute approximate surface area is 121 Å². The molecule has 0 radical (unpaired) electrons. The number of carboxylic acids is 1. The SMILES string of the molecule is O=C(O)c1cc(S(=O)(=O)Cl)ccc1OC1C=CCCC1. The second-order valence-corrected chi connectivity index (χ2v) is 6.98. The Bertz CT molecular complexity index is 651. The zero-order valence-electron chi connectivity index (χ0n) is 10.5. The summed E-state index contributed by atoms with van der Waals surface area (Å²) in [6.07, 6.45) is 6.41. The molecule has 0 bridgehead atoms. The highest BCUT2D eigenvalue weighted by atomic mass is 35.7. The lowest BCUT2D eigenvalue weighted by Gasteiger charge is -2.19. The molecular formula is C13H13ClO5S. The molecule has 1 aliphatic carbocycles. The summed E-state index contributed by atoms with van der Waals surface area (Å²) >= 11 is 0. The maximum absolute atomic E-state index is 11.2. The molecule has 1 atom stereocenters. The highest BCUT2D eigenvalue weighted by Crippen LogP contribution is 2.27. The summed E-state index contributed by atoms with van der Waals surface area (Å²) in [5, 5.41) is 9.15. The van der Waals surface area contributed by atoms with Crippen LogP contribution in [-0.4, -0.2) is 25.6 Å². The van der Waals surface area contributed by atoms with E-state index in [1.165, 1.54) is 12.1 Å². The molecule has 108 valence electrons. The van der Waals surface area contributed by atoms with Crippen LogP contribution in [0.2, 0.25) is 0 Å². The quantitative estimate of drug-likeness (QED) is 0.682. The van der Waals surface area contributed by atoms with E-state index in [0.717, 1.165) is 25.3 Å². The number of benzene rings is 1. The summed E-state index contributed by atoms with van der Waals surface area (Å²) in [5.74, 6) is -1.12. The lowest BCUT2D eigenvalue weighted by Crippen LogP contribution is -2.17. The van der Waals surface area contributed by atoms with Gasteiger partial charge in [0.1, 0.15) is 17.4 Å². The number of halogens is 1. The molecule has 5 nitrogen and oxygen atoms in total. The number of hydrogen-bond donors (Lipinski definition) is 1. The number of aromatic carboxylic acids is 1. The fourth-order valence-electron chi connectivity index (χ4n) is 1.97. The van der Waals surface area contributed by atoms with Crippen LogP contribution < -0.4 is 4.74 Å². The molecular weight excluding hydrogens is 304 g/mol. The number of hydrogen-bond acceptors (Lipinski definition) is 4. The molecule has 2 rings (SSSR count). The Morgan fingerprint density at radius 2 is 2.15 bits per heavy atom. The van der Waals surface area contributed by atoms with E-state index in [4.69, 9.17) is 20.5 Å². The Kier molecular flexibility index (Phi) is 4.35. The summed E-state index contributed by atoms with van der Waals surface area (Å²) in [7, 11) is 1.24. The van der Waals surface area contributed by atoms with Gasteiger partial charge in [-0.1, -0.05) is 6.08 Å². The fraction of sp³-hybridized carbons (Fsp3) is 0.308. The summed E-state index contributed by atoms with van der Waals surface area (Å²) < 4.78 is 28.1. The van der Waals surface area contributed by atoms with Gasteiger partial charge in [-0.05, 0) is 43.5 Å². The molecule has 1 N–H and O–H groups in total. The van der Waals surface area contributed by atoms with Gasteiger partial charge in [-0.3, -0.25) is 0 Å². The number of rotatable bonds is 4. The largest absolute Gasteiger partial charge is 0.485 e. The molecule has 0 amide bonds. The third kappa shape index (κ3) is 3.52. The molecule has 1 aromatic carbocycles. The summed E-state index contributed by atoms with van der Waals surface area (Å²) in [5.41, 5.74) is -0.217. The second-order valence-electron chi connectivity index (χ2n) is 4.42. The zero-order chi connectivity index (χ0) is 14.8. The fourth-order valence-corrected chi connectivity index (χ4v) is 2.75. The van der Waals surface area contributed by atoms with E-state index in [0.29, 0.717) is 0 Å². The highest BCUT2D eigenvalue weighted by Gasteiger charge is 2.20. The van der Waals surface area contributed by atoms with Gasteiger partial charge in [-0.2, -0.15) is 0 Å². The van der Waals surface area contributed by atoms with Crippen LogP contribution in [0.4, 0.5) is 0 Å². The Balaban J connectivity index is 2.35. The lowest BCUT2D eigenvalue weighted by atomic mass is 10.1. The van der Waals surface area contributed by atoms with Gasteiger partial charge in [0, 0.05) is 10.7 Å². The van der Waals surface area contributed by atoms with Crippen molar-refractivity contribution in [3.8, 4) is 5.75 Å². The monoisotopic (exact) mass is 316 g/mol. The van der Waals surface area contributed by atoms with Gasteiger partial charge in [0.15, 0.2) is 0 Å². The van der Waals surface area contributed by atoms with Gasteiger partial charge >= 0.3 is 5.97 Å². The lowest BCUT2D eigenvalue weighted by molar-refractivity contribution is 0.0690. The first-order valence-corrected chi connectivity index (χ1v) is 8.34. The van der Waals surface area contributed by atoms with E-state index in [-0.39, 0.29) is 22.3 Å². The summed E-state index contributed by atoms with van der Waals surface area (Å²) in [6, 6.07) is 3.56. The predicted octanol–water partition coefficient (Wildman–Crippen LogP) is 2.80. The molecule has 20 heavy (non-hydrogen) atoms. The molecule has 0 fully saturated rings. The number of carboxylic acid groups (broad SMARTS) is 1. The van der Waals surface area contributed by atoms with E-state index in [1.807, 2.05) is 12.2 Å². The van der Waals surface area contributed by atoms with Crippen LogP contribution in [0.5, 0.6) is 5.75 Å². The first-order valence-electron chi connectivity index (χ1n) is 6.03. The molecule has 0 aromatic heterocycles. The number of allylic oxidation sites excluding steroid dienone is 1. The van der Waals surface area contributed by atoms with Crippen molar-refractivity contribution in [3.05, 3.63) is 35.9 Å². The van der Waals surface area contributed by atoms with Crippen LogP contribution in [0, 0.1) is 0 Å². The molecule has 7 heteroatoms. The third-order valence-electron chi connectivity index (χ3n) is 2.95. The Morgan fingerprint density at radius 1 is 1.40 bits per heavy atom. The number of ether oxygens (including phenoxy) is 1. The topological polar surface area (TPSA) is 80.7 Å². The minimum atomic E-state index is -3.97. The van der Waals surface area contributed by atoms with Gasteiger partial charge in [0.25, 0.3) is 9.05 Å². The molecule has 0 aliphatic heterocycles. The van der Waals surface area contributed by atoms with E-state index in [1.54, 1.807) is 0 Å². The van der Waals surface area contributed by atoms with E-state index < -0.39 is 15.0 Å². The first kappa shape index (κ1) is 14.9. The maximum atomic E-state index is 11.2. The second kappa shape index (κ2) is 5.85. The average Bonchev–Trinajstić information content (AvgIpc) is 2.38. The normalized spacial score (nSPS) is 18.8. The average molecular weight is 317 g/mol. The minimum Gasteiger partial charge on any atom is -0.485 e. The Morgan fingerprint density at radius 3 is 2.70 bits per heavy atom. The van der Waals surface area contributed by atoms with Gasteiger partial charge in [-0.25, -0.2) is 13.2 Å². The van der Waals surface area contributed by atoms with Crippen molar-refractivity contribution >= 4 is 25.7 Å². The molecule has 0 heterocycles. The molecule has 1 aromatic rings. The van der Waals surface area contributed by atoms with Crippen molar-refractivity contribution in [1.82, 2.24) is 0 Å². The molecule has 1 unspecified atom stereocenters. The van der Waals surface area contributed by atoms with Crippen molar-refractivity contribution < 1.29 is 23.1 Å². The summed E-state index contributed by atoms with van der Waals surface area (Å²) in [6.45, 7) is 0. The molecule has 0 saturated heterocycles. The van der Waals surface area contributed by atoms with Gasteiger partial charge in [-0.15, -0.1) is 0 Å². The van der Waals surface area contributed by atoms with Crippen molar-refractivity contribution in [2.24, 2.45) is 0 Å². The molecule has 0 saturated carbocycles. The number of carbonyl (C=O) groups is 1. The van der Waals surface area contributed by atoms with Crippen LogP contribution in [0.1, 0.15) is 29.6 Å². The van der Waals surface area contributed by atoms with E-state index in [2.05, 4.69) is 0 Å². The summed E-state index contributed by atoms with van der Waals surface area (Å²) in [4.78, 5) is 10.9. The van der Waals surface area contributed by atoms with Gasteiger partial charge < -0.3 is 9.84 Å². The minimum absolute atomic E-state index is 0.137. The first-order chi connectivity index (χ1) is 9.38. The Hall–Kier alpha value is -1.53. The van der Waals surface area contributed by atoms with Crippen molar-refractivity contribution in [2.75, 3.05) is 0 Å². The smallest absolute Gasteiger partial charge is 0.339 e. The standard InChI is InChI=1S/C13H13ClO5S/c14-20(17,18)10-6-7-12(11(8-10)13(15)16)19-9-4-2-1-3-5-9/h2,4,6-9H,1,3,5H2,(H,15,16). The van der Waals surface area contributed by atoms with Gasteiger partial charge in [0.05, 0.1) is 4.90 Å². The van der Waals surface area contributed by atoms with Crippen molar-refractivity contribution in [1.29, 1.82) is 0 Å². The van der Waals surface area contributed by atoms with Crippen LogP contribution in [0.3, 0.4) is 0 Å².